The smallest absolute Gasteiger partial charge is 0.303 e. The van der Waals surface area contributed by atoms with Crippen LogP contribution in [0, 0.1) is 0 Å². The van der Waals surface area contributed by atoms with Gasteiger partial charge in [0.2, 0.25) is 0 Å². The molecule has 0 fully saturated rings. The van der Waals surface area contributed by atoms with Gasteiger partial charge < -0.3 is 10.5 Å². The number of hydrogen-bond acceptors (Lipinski definition) is 4. The number of nitrogens with two attached hydrogens (primary N) is 1. The minimum Gasteiger partial charge on any atom is -0.489 e. The quantitative estimate of drug-likeness (QED) is 0.772. The van der Waals surface area contributed by atoms with Crippen LogP contribution in [0.15, 0.2) is 18.2 Å². The van der Waals surface area contributed by atoms with Crippen molar-refractivity contribution in [2.45, 2.75) is 0 Å². The molecule has 2 N–H and O–H groups in total. The summed E-state index contributed by atoms with van der Waals surface area (Å²) in [5, 5.41) is 0. The third-order valence-corrected chi connectivity index (χ3v) is 4.40. The molecule has 0 radical (unpaired) electrons. The molecule has 0 saturated heterocycles. The molecule has 6 nitrogen and oxygen atoms in total. The zero-order valence-corrected chi connectivity index (χ0v) is 10.6. The van der Waals surface area contributed by atoms with Gasteiger partial charge in [0.25, 0.3) is 0 Å². The molecule has 0 amide bonds. The van der Waals surface area contributed by atoms with Crippen LogP contribution in [0.25, 0.3) is 0 Å². The van der Waals surface area contributed by atoms with E-state index in [1.807, 2.05) is 0 Å². The second kappa shape index (κ2) is 4.08. The molecule has 17 heavy (non-hydrogen) atoms. The maximum Gasteiger partial charge on any atom is 0.303 e. The van der Waals surface area contributed by atoms with Crippen LogP contribution < -0.4 is 14.8 Å². The lowest BCUT2D eigenvalue weighted by atomic mass is 10.2. The predicted octanol–water partition coefficient (Wildman–Crippen LogP) is 0.274. The summed E-state index contributed by atoms with van der Waals surface area (Å²) in [5.41, 5.74) is 6.71. The second-order valence-electron chi connectivity index (χ2n) is 3.94. The fourth-order valence-corrected chi connectivity index (χ4v) is 2.75. The lowest BCUT2D eigenvalue weighted by Gasteiger charge is -2.32. The molecule has 94 valence electrons. The minimum absolute atomic E-state index is 0.303. The largest absolute Gasteiger partial charge is 0.489 e. The van der Waals surface area contributed by atoms with Crippen molar-refractivity contribution in [3.8, 4) is 5.75 Å². The van der Waals surface area contributed by atoms with Crippen molar-refractivity contribution >= 4 is 21.6 Å². The Balaban J connectivity index is 2.49. The molecule has 1 heterocycles. The highest BCUT2D eigenvalue weighted by Gasteiger charge is 2.30. The predicted molar refractivity (Wildman–Crippen MR) is 66.3 cm³/mol. The third-order valence-electron chi connectivity index (χ3n) is 2.54. The van der Waals surface area contributed by atoms with Gasteiger partial charge in [-0.15, -0.1) is 0 Å². The average molecular weight is 257 g/mol. The molecule has 7 heteroatoms. The number of anilines is 2. The SMILES string of the molecule is CN(C)S(=O)(=O)N1CCOc2cc(N)ccc21. The Kier molecular flexibility index (Phi) is 2.88. The van der Waals surface area contributed by atoms with Gasteiger partial charge in [-0.3, -0.25) is 4.31 Å². The van der Waals surface area contributed by atoms with Gasteiger partial charge in [0.15, 0.2) is 0 Å². The number of nitrogens with zero attached hydrogens (tertiary/aromatic N) is 2. The topological polar surface area (TPSA) is 75.9 Å². The van der Waals surface area contributed by atoms with Crippen LogP contribution in [0.5, 0.6) is 5.75 Å². The zero-order valence-electron chi connectivity index (χ0n) is 9.75. The summed E-state index contributed by atoms with van der Waals surface area (Å²) >= 11 is 0. The van der Waals surface area contributed by atoms with E-state index in [4.69, 9.17) is 10.5 Å². The van der Waals surface area contributed by atoms with Crippen molar-refractivity contribution in [1.29, 1.82) is 0 Å². The first-order chi connectivity index (χ1) is 7.93. The molecule has 1 aromatic carbocycles. The molecular formula is C10H15N3O3S. The summed E-state index contributed by atoms with van der Waals surface area (Å²) in [4.78, 5) is 0. The maximum absolute atomic E-state index is 12.1. The number of hydrogen-bond donors (Lipinski definition) is 1. The molecule has 0 spiro atoms. The van der Waals surface area contributed by atoms with Gasteiger partial charge in [0.05, 0.1) is 12.2 Å². The van der Waals surface area contributed by atoms with Gasteiger partial charge >= 0.3 is 10.2 Å². The van der Waals surface area contributed by atoms with Gasteiger partial charge in [0.1, 0.15) is 12.4 Å². The molecule has 0 saturated carbocycles. The molecular weight excluding hydrogens is 242 g/mol. The first-order valence-electron chi connectivity index (χ1n) is 5.15. The number of nitrogen functional groups attached to an aromatic ring is 1. The van der Waals surface area contributed by atoms with Gasteiger partial charge in [0, 0.05) is 25.8 Å². The summed E-state index contributed by atoms with van der Waals surface area (Å²) in [6.45, 7) is 0.626. The standard InChI is InChI=1S/C10H15N3O3S/c1-12(2)17(14,15)13-5-6-16-10-7-8(11)3-4-9(10)13/h3-4,7H,5-6,11H2,1-2H3. The van der Waals surface area contributed by atoms with E-state index < -0.39 is 10.2 Å². The molecule has 0 bridgehead atoms. The van der Waals surface area contributed by atoms with E-state index in [9.17, 15) is 8.42 Å². The molecule has 0 unspecified atom stereocenters. The van der Waals surface area contributed by atoms with Crippen molar-refractivity contribution in [2.24, 2.45) is 0 Å². The fraction of sp³-hybridized carbons (Fsp3) is 0.400. The first kappa shape index (κ1) is 12.0. The summed E-state index contributed by atoms with van der Waals surface area (Å²) in [6.07, 6.45) is 0. The second-order valence-corrected chi connectivity index (χ2v) is 6.00. The van der Waals surface area contributed by atoms with Crippen molar-refractivity contribution in [1.82, 2.24) is 4.31 Å². The van der Waals surface area contributed by atoms with E-state index in [1.165, 1.54) is 22.7 Å². The summed E-state index contributed by atoms with van der Waals surface area (Å²) < 4.78 is 32.1. The first-order valence-corrected chi connectivity index (χ1v) is 6.55. The summed E-state index contributed by atoms with van der Waals surface area (Å²) in [7, 11) is -0.477. The highest BCUT2D eigenvalue weighted by Crippen LogP contribution is 2.35. The summed E-state index contributed by atoms with van der Waals surface area (Å²) in [5.74, 6) is 0.502. The normalized spacial score (nSPS) is 15.6. The maximum atomic E-state index is 12.1. The summed E-state index contributed by atoms with van der Waals surface area (Å²) in [6, 6.07) is 4.95. The van der Waals surface area contributed by atoms with Crippen LogP contribution in [0.2, 0.25) is 0 Å². The van der Waals surface area contributed by atoms with Crippen molar-refractivity contribution in [2.75, 3.05) is 37.3 Å². The Labute approximate surface area is 101 Å². The van der Waals surface area contributed by atoms with Gasteiger partial charge in [-0.2, -0.15) is 12.7 Å². The van der Waals surface area contributed by atoms with Crippen LogP contribution in [0.1, 0.15) is 0 Å². The lowest BCUT2D eigenvalue weighted by Crippen LogP contribution is -2.44. The van der Waals surface area contributed by atoms with Gasteiger partial charge in [-0.1, -0.05) is 0 Å². The van der Waals surface area contributed by atoms with Crippen LogP contribution >= 0.6 is 0 Å². The van der Waals surface area contributed by atoms with E-state index in [0.29, 0.717) is 30.3 Å². The molecule has 0 aliphatic carbocycles. The van der Waals surface area contributed by atoms with E-state index in [2.05, 4.69) is 0 Å². The van der Waals surface area contributed by atoms with E-state index >= 15 is 0 Å². The van der Waals surface area contributed by atoms with Crippen molar-refractivity contribution in [3.63, 3.8) is 0 Å². The molecule has 1 aromatic rings. The van der Waals surface area contributed by atoms with Crippen LogP contribution in [-0.4, -0.2) is 40.0 Å². The third kappa shape index (κ3) is 2.03. The number of benzene rings is 1. The molecule has 0 aromatic heterocycles. The van der Waals surface area contributed by atoms with E-state index in [1.54, 1.807) is 18.2 Å². The Morgan fingerprint density at radius 2 is 2.12 bits per heavy atom. The van der Waals surface area contributed by atoms with Crippen LogP contribution in [0.4, 0.5) is 11.4 Å². The van der Waals surface area contributed by atoms with Crippen LogP contribution in [0.3, 0.4) is 0 Å². The Morgan fingerprint density at radius 1 is 1.41 bits per heavy atom. The zero-order chi connectivity index (χ0) is 12.6. The molecule has 0 atom stereocenters. The average Bonchev–Trinajstić information content (AvgIpc) is 2.27. The van der Waals surface area contributed by atoms with Crippen LogP contribution in [-0.2, 0) is 10.2 Å². The Morgan fingerprint density at radius 3 is 2.76 bits per heavy atom. The molecule has 2 rings (SSSR count). The van der Waals surface area contributed by atoms with Gasteiger partial charge in [-0.25, -0.2) is 0 Å². The highest BCUT2D eigenvalue weighted by molar-refractivity contribution is 7.90. The van der Waals surface area contributed by atoms with E-state index in [-0.39, 0.29) is 0 Å². The van der Waals surface area contributed by atoms with Gasteiger partial charge in [-0.05, 0) is 12.1 Å². The number of rotatable bonds is 2. The minimum atomic E-state index is -3.48. The van der Waals surface area contributed by atoms with Crippen molar-refractivity contribution < 1.29 is 13.2 Å². The molecule has 1 aliphatic heterocycles. The number of ether oxygens (including phenoxy) is 1. The van der Waals surface area contributed by atoms with E-state index in [0.717, 1.165) is 0 Å². The van der Waals surface area contributed by atoms with Crippen molar-refractivity contribution in [3.05, 3.63) is 18.2 Å². The lowest BCUT2D eigenvalue weighted by molar-refractivity contribution is 0.314. The Hall–Kier alpha value is -1.47. The number of fused-ring (bicyclic) bond motifs is 1. The molecule has 1 aliphatic rings. The monoisotopic (exact) mass is 257 g/mol. The Bertz CT molecular complexity index is 528. The highest BCUT2D eigenvalue weighted by atomic mass is 32.2. The fourth-order valence-electron chi connectivity index (χ4n) is 1.65.